The van der Waals surface area contributed by atoms with Gasteiger partial charge in [-0.2, -0.15) is 0 Å². The third-order valence-electron chi connectivity index (χ3n) is 7.21. The quantitative estimate of drug-likeness (QED) is 0.528. The van der Waals surface area contributed by atoms with Crippen LogP contribution >= 0.6 is 0 Å². The summed E-state index contributed by atoms with van der Waals surface area (Å²) in [4.78, 5) is 0. The first-order valence-corrected chi connectivity index (χ1v) is 8.40. The summed E-state index contributed by atoms with van der Waals surface area (Å²) in [5, 5.41) is 20.8. The number of aliphatic hydroxyl groups is 2. The molecule has 0 radical (unpaired) electrons. The maximum absolute atomic E-state index is 10.4. The average molecular weight is 286 g/mol. The molecule has 0 bridgehead atoms. The molecule has 4 rings (SSSR count). The van der Waals surface area contributed by atoms with Crippen molar-refractivity contribution in [3.8, 4) is 0 Å². The molecule has 4 aliphatic rings. The summed E-state index contributed by atoms with van der Waals surface area (Å²) in [7, 11) is 0. The summed E-state index contributed by atoms with van der Waals surface area (Å²) in [5.41, 5.74) is 1.41. The Labute approximate surface area is 127 Å². The molecule has 0 heterocycles. The van der Waals surface area contributed by atoms with E-state index in [2.05, 4.69) is 38.2 Å². The molecule has 114 valence electrons. The summed E-state index contributed by atoms with van der Waals surface area (Å²) < 4.78 is 0. The van der Waals surface area contributed by atoms with Crippen LogP contribution in [0.1, 0.15) is 46.0 Å². The minimum absolute atomic E-state index is 0.201. The van der Waals surface area contributed by atoms with Gasteiger partial charge in [0.25, 0.3) is 0 Å². The lowest BCUT2D eigenvalue weighted by Gasteiger charge is -2.56. The van der Waals surface area contributed by atoms with E-state index in [0.717, 1.165) is 19.3 Å². The fourth-order valence-corrected chi connectivity index (χ4v) is 5.73. The van der Waals surface area contributed by atoms with Gasteiger partial charge in [0.1, 0.15) is 0 Å². The van der Waals surface area contributed by atoms with Gasteiger partial charge in [0.15, 0.2) is 5.79 Å². The molecular weight excluding hydrogens is 260 g/mol. The molecule has 0 amide bonds. The lowest BCUT2D eigenvalue weighted by molar-refractivity contribution is -0.225. The summed E-state index contributed by atoms with van der Waals surface area (Å²) in [6, 6.07) is 0. The predicted octanol–water partition coefficient (Wildman–Crippen LogP) is 3.57. The van der Waals surface area contributed by atoms with E-state index in [0.29, 0.717) is 11.8 Å². The SMILES string of the molecule is C[C@]12C=CCCC1=CC[C@@H]1[C@H]2CC[C@@]2(C)[C@H]1C=CC2(O)O. The van der Waals surface area contributed by atoms with Crippen LogP contribution in [-0.2, 0) is 0 Å². The number of hydrogen-bond acceptors (Lipinski definition) is 2. The van der Waals surface area contributed by atoms with Crippen molar-refractivity contribution in [2.75, 3.05) is 0 Å². The van der Waals surface area contributed by atoms with Crippen LogP contribution in [-0.4, -0.2) is 16.0 Å². The Morgan fingerprint density at radius 1 is 1.19 bits per heavy atom. The molecule has 2 heteroatoms. The number of fused-ring (bicyclic) bond motifs is 5. The lowest BCUT2D eigenvalue weighted by atomic mass is 9.49. The van der Waals surface area contributed by atoms with Crippen LogP contribution in [0.4, 0.5) is 0 Å². The van der Waals surface area contributed by atoms with Gasteiger partial charge in [0, 0.05) is 10.8 Å². The highest BCUT2D eigenvalue weighted by atomic mass is 16.5. The van der Waals surface area contributed by atoms with Gasteiger partial charge in [0.2, 0.25) is 0 Å². The topological polar surface area (TPSA) is 40.5 Å². The van der Waals surface area contributed by atoms with Crippen molar-refractivity contribution in [2.24, 2.45) is 28.6 Å². The second-order valence-electron chi connectivity index (χ2n) is 8.03. The highest BCUT2D eigenvalue weighted by Gasteiger charge is 2.60. The van der Waals surface area contributed by atoms with Gasteiger partial charge in [0.05, 0.1) is 0 Å². The Kier molecular flexibility index (Phi) is 2.70. The molecule has 0 aromatic carbocycles. The molecule has 4 aliphatic carbocycles. The molecule has 0 spiro atoms. The zero-order chi connectivity index (χ0) is 14.9. The highest BCUT2D eigenvalue weighted by Crippen LogP contribution is 2.63. The zero-order valence-electron chi connectivity index (χ0n) is 13.0. The smallest absolute Gasteiger partial charge is 0.188 e. The number of rotatable bonds is 0. The van der Waals surface area contributed by atoms with E-state index in [9.17, 15) is 10.2 Å². The van der Waals surface area contributed by atoms with Crippen LogP contribution in [0.15, 0.2) is 36.0 Å². The van der Waals surface area contributed by atoms with Crippen LogP contribution in [0.3, 0.4) is 0 Å². The van der Waals surface area contributed by atoms with E-state index in [1.165, 1.54) is 12.8 Å². The van der Waals surface area contributed by atoms with E-state index < -0.39 is 11.2 Å². The van der Waals surface area contributed by atoms with Crippen molar-refractivity contribution in [3.63, 3.8) is 0 Å². The van der Waals surface area contributed by atoms with E-state index in [1.807, 2.05) is 0 Å². The summed E-state index contributed by atoms with van der Waals surface area (Å²) in [5.74, 6) is -0.157. The third kappa shape index (κ3) is 1.61. The largest absolute Gasteiger partial charge is 0.362 e. The van der Waals surface area contributed by atoms with Crippen molar-refractivity contribution in [1.82, 2.24) is 0 Å². The normalized spacial score (nSPS) is 50.1. The third-order valence-corrected chi connectivity index (χ3v) is 7.21. The highest BCUT2D eigenvalue weighted by molar-refractivity contribution is 5.33. The van der Waals surface area contributed by atoms with Gasteiger partial charge in [-0.25, -0.2) is 0 Å². The molecule has 2 N–H and O–H groups in total. The van der Waals surface area contributed by atoms with Crippen molar-refractivity contribution in [3.05, 3.63) is 36.0 Å². The Morgan fingerprint density at radius 2 is 2.00 bits per heavy atom. The molecule has 5 atom stereocenters. The minimum atomic E-state index is -1.63. The maximum Gasteiger partial charge on any atom is 0.188 e. The molecule has 2 nitrogen and oxygen atoms in total. The second kappa shape index (κ2) is 4.11. The van der Waals surface area contributed by atoms with Crippen molar-refractivity contribution < 1.29 is 10.2 Å². The lowest BCUT2D eigenvalue weighted by Crippen LogP contribution is -2.54. The first-order valence-electron chi connectivity index (χ1n) is 8.40. The maximum atomic E-state index is 10.4. The van der Waals surface area contributed by atoms with E-state index in [4.69, 9.17) is 0 Å². The number of hydrogen-bond donors (Lipinski definition) is 2. The van der Waals surface area contributed by atoms with E-state index in [1.54, 1.807) is 11.6 Å². The van der Waals surface area contributed by atoms with Crippen LogP contribution < -0.4 is 0 Å². The van der Waals surface area contributed by atoms with Crippen LogP contribution in [0.25, 0.3) is 0 Å². The first kappa shape index (κ1) is 13.8. The van der Waals surface area contributed by atoms with Gasteiger partial charge in [-0.1, -0.05) is 43.7 Å². The molecule has 0 aromatic heterocycles. The summed E-state index contributed by atoms with van der Waals surface area (Å²) in [6.07, 6.45) is 16.4. The zero-order valence-corrected chi connectivity index (χ0v) is 13.0. The Balaban J connectivity index is 1.75. The average Bonchev–Trinajstić information content (AvgIpc) is 2.69. The van der Waals surface area contributed by atoms with Crippen molar-refractivity contribution in [1.29, 1.82) is 0 Å². The van der Waals surface area contributed by atoms with Crippen LogP contribution in [0, 0.1) is 28.6 Å². The Hall–Kier alpha value is -0.860. The summed E-state index contributed by atoms with van der Waals surface area (Å²) in [6.45, 7) is 4.46. The van der Waals surface area contributed by atoms with Gasteiger partial charge in [-0.3, -0.25) is 0 Å². The van der Waals surface area contributed by atoms with Gasteiger partial charge in [-0.05, 0) is 55.9 Å². The van der Waals surface area contributed by atoms with Crippen molar-refractivity contribution in [2.45, 2.75) is 51.7 Å². The summed E-state index contributed by atoms with van der Waals surface area (Å²) >= 11 is 0. The fraction of sp³-hybridized carbons (Fsp3) is 0.684. The molecule has 0 unspecified atom stereocenters. The van der Waals surface area contributed by atoms with Crippen LogP contribution in [0.5, 0.6) is 0 Å². The van der Waals surface area contributed by atoms with Gasteiger partial charge >= 0.3 is 0 Å². The molecular formula is C19H26O2. The molecule has 0 aliphatic heterocycles. The molecule has 1 fully saturated rings. The Bertz CT molecular complexity index is 556. The molecule has 0 aromatic rings. The molecule has 0 saturated heterocycles. The van der Waals surface area contributed by atoms with Gasteiger partial charge in [-0.15, -0.1) is 0 Å². The van der Waals surface area contributed by atoms with E-state index in [-0.39, 0.29) is 11.3 Å². The monoisotopic (exact) mass is 286 g/mol. The number of allylic oxidation sites excluding steroid dienone is 5. The second-order valence-corrected chi connectivity index (χ2v) is 8.03. The minimum Gasteiger partial charge on any atom is -0.362 e. The molecule has 1 saturated carbocycles. The van der Waals surface area contributed by atoms with E-state index >= 15 is 0 Å². The predicted molar refractivity (Wildman–Crippen MR) is 83.3 cm³/mol. The van der Waals surface area contributed by atoms with Crippen molar-refractivity contribution >= 4 is 0 Å². The first-order chi connectivity index (χ1) is 9.88. The van der Waals surface area contributed by atoms with Crippen LogP contribution in [0.2, 0.25) is 0 Å². The molecule has 21 heavy (non-hydrogen) atoms. The Morgan fingerprint density at radius 3 is 2.81 bits per heavy atom. The van der Waals surface area contributed by atoms with Gasteiger partial charge < -0.3 is 10.2 Å². The fourth-order valence-electron chi connectivity index (χ4n) is 5.73. The standard InChI is InChI=1S/C19H26O2/c1-17-10-4-3-5-13(17)6-7-14-15(17)8-11-18(2)16(14)9-12-19(18,20)21/h4,6,9-10,12,14-16,20-21H,3,5,7-8,11H2,1-2H3/t14-,15-,16+,17+,18+/m1/s1.